The number of hydrogen-bond acceptors (Lipinski definition) is 5. The van der Waals surface area contributed by atoms with Gasteiger partial charge in [0.1, 0.15) is 16.0 Å². The number of halogens is 2. The van der Waals surface area contributed by atoms with Crippen LogP contribution in [0.25, 0.3) is 0 Å². The summed E-state index contributed by atoms with van der Waals surface area (Å²) in [7, 11) is 0. The number of anilines is 1. The minimum Gasteiger partial charge on any atom is -0.355 e. The molecule has 2 aliphatic rings. The van der Waals surface area contributed by atoms with Crippen molar-refractivity contribution in [3.8, 4) is 0 Å². The van der Waals surface area contributed by atoms with Gasteiger partial charge in [-0.2, -0.15) is 0 Å². The predicted octanol–water partition coefficient (Wildman–Crippen LogP) is 6.04. The fourth-order valence-electron chi connectivity index (χ4n) is 4.52. The van der Waals surface area contributed by atoms with Gasteiger partial charge < -0.3 is 4.90 Å². The Morgan fingerprint density at radius 3 is 2.56 bits per heavy atom. The summed E-state index contributed by atoms with van der Waals surface area (Å²) < 4.78 is 0. The van der Waals surface area contributed by atoms with Crippen molar-refractivity contribution in [1.29, 1.82) is 0 Å². The number of nitrogens with zero attached hydrogens (tertiary/aromatic N) is 4. The molecule has 4 rings (SSSR count). The van der Waals surface area contributed by atoms with Crippen LogP contribution in [-0.4, -0.2) is 28.0 Å². The first-order valence-electron chi connectivity index (χ1n) is 9.54. The lowest BCUT2D eigenvalue weighted by Crippen LogP contribution is -2.41. The summed E-state index contributed by atoms with van der Waals surface area (Å²) in [6.45, 7) is 6.62. The fraction of sp³-hybridized carbons (Fsp3) is 0.550. The lowest BCUT2D eigenvalue weighted by molar-refractivity contribution is 0.161. The number of piperidine rings is 1. The minimum absolute atomic E-state index is 0.318. The maximum Gasteiger partial charge on any atom is 0.147 e. The monoisotopic (exact) mass is 422 g/mol. The van der Waals surface area contributed by atoms with Crippen LogP contribution in [0.2, 0.25) is 10.2 Å². The van der Waals surface area contributed by atoms with E-state index in [0.29, 0.717) is 15.6 Å². The summed E-state index contributed by atoms with van der Waals surface area (Å²) >= 11 is 13.5. The number of aryl methyl sites for hydroxylation is 1. The van der Waals surface area contributed by atoms with Gasteiger partial charge in [0.25, 0.3) is 0 Å². The van der Waals surface area contributed by atoms with Crippen LogP contribution < -0.4 is 4.90 Å². The summed E-state index contributed by atoms with van der Waals surface area (Å²) in [6.07, 6.45) is 10.4. The molecule has 0 N–H and O–H groups in total. The molecule has 144 valence electrons. The molecule has 0 unspecified atom stereocenters. The molecule has 2 aromatic rings. The first-order valence-corrected chi connectivity index (χ1v) is 11.1. The van der Waals surface area contributed by atoms with E-state index in [2.05, 4.69) is 21.8 Å². The summed E-state index contributed by atoms with van der Waals surface area (Å²) in [5.41, 5.74) is 1.51. The Bertz CT molecular complexity index is 837. The predicted molar refractivity (Wildman–Crippen MR) is 112 cm³/mol. The van der Waals surface area contributed by atoms with E-state index in [1.807, 2.05) is 19.2 Å². The SMILES string of the molecule is Cc1nc(N2CCC3(CCC[C@H]3C)CC2)cnc1Sc1cnc(Cl)c(Cl)c1. The van der Waals surface area contributed by atoms with Crippen LogP contribution in [0, 0.1) is 18.3 Å². The van der Waals surface area contributed by atoms with Crippen molar-refractivity contribution in [2.24, 2.45) is 11.3 Å². The van der Waals surface area contributed by atoms with Crippen LogP contribution >= 0.6 is 35.0 Å². The zero-order valence-electron chi connectivity index (χ0n) is 15.7. The van der Waals surface area contributed by atoms with Crippen LogP contribution in [0.1, 0.15) is 44.7 Å². The Kier molecular flexibility index (Phi) is 5.55. The smallest absolute Gasteiger partial charge is 0.147 e. The molecule has 4 nitrogen and oxygen atoms in total. The molecule has 1 spiro atoms. The topological polar surface area (TPSA) is 41.9 Å². The van der Waals surface area contributed by atoms with Gasteiger partial charge in [-0.25, -0.2) is 15.0 Å². The van der Waals surface area contributed by atoms with Gasteiger partial charge in [0, 0.05) is 24.2 Å². The second-order valence-electron chi connectivity index (χ2n) is 7.81. The zero-order chi connectivity index (χ0) is 19.0. The van der Waals surface area contributed by atoms with Gasteiger partial charge in [-0.15, -0.1) is 0 Å². The second kappa shape index (κ2) is 7.76. The third-order valence-electron chi connectivity index (χ3n) is 6.32. The van der Waals surface area contributed by atoms with Crippen molar-refractivity contribution in [2.45, 2.75) is 55.9 Å². The second-order valence-corrected chi connectivity index (χ2v) is 9.63. The molecular formula is C20H24Cl2N4S. The van der Waals surface area contributed by atoms with E-state index < -0.39 is 0 Å². The number of pyridine rings is 1. The third kappa shape index (κ3) is 3.92. The van der Waals surface area contributed by atoms with Gasteiger partial charge >= 0.3 is 0 Å². The standard InChI is InChI=1S/C20H24Cl2N4S/c1-13-4-3-5-20(13)6-8-26(9-7-20)17-12-24-19(14(2)25-17)27-15-10-16(21)18(22)23-11-15/h10-13H,3-9H2,1-2H3/t13-/m1/s1. The Morgan fingerprint density at radius 1 is 1.15 bits per heavy atom. The van der Waals surface area contributed by atoms with Gasteiger partial charge in [0.05, 0.1) is 16.9 Å². The van der Waals surface area contributed by atoms with Crippen molar-refractivity contribution < 1.29 is 0 Å². The van der Waals surface area contributed by atoms with Crippen LogP contribution in [0.4, 0.5) is 5.82 Å². The van der Waals surface area contributed by atoms with E-state index in [1.54, 1.807) is 6.20 Å². The van der Waals surface area contributed by atoms with Gasteiger partial charge in [-0.05, 0) is 43.6 Å². The maximum atomic E-state index is 6.06. The summed E-state index contributed by atoms with van der Waals surface area (Å²) in [5.74, 6) is 1.86. The molecule has 0 amide bonds. The van der Waals surface area contributed by atoms with Crippen LogP contribution in [0.5, 0.6) is 0 Å². The van der Waals surface area contributed by atoms with Crippen molar-refractivity contribution in [3.05, 3.63) is 34.3 Å². The van der Waals surface area contributed by atoms with Crippen LogP contribution in [-0.2, 0) is 0 Å². The summed E-state index contributed by atoms with van der Waals surface area (Å²) in [5, 5.41) is 1.64. The molecule has 0 aromatic carbocycles. The Hall–Kier alpha value is -1.04. The molecule has 1 saturated heterocycles. The minimum atomic E-state index is 0.318. The van der Waals surface area contributed by atoms with Gasteiger partial charge in [-0.1, -0.05) is 54.7 Å². The molecule has 1 aliphatic heterocycles. The first-order chi connectivity index (χ1) is 13.0. The van der Waals surface area contributed by atoms with E-state index in [1.165, 1.54) is 43.9 Å². The molecule has 2 aromatic heterocycles. The van der Waals surface area contributed by atoms with Gasteiger partial charge in [0.15, 0.2) is 0 Å². The molecule has 1 atom stereocenters. The van der Waals surface area contributed by atoms with Gasteiger partial charge in [0.2, 0.25) is 0 Å². The molecule has 0 radical (unpaired) electrons. The fourth-order valence-corrected chi connectivity index (χ4v) is 5.66. The van der Waals surface area contributed by atoms with E-state index >= 15 is 0 Å². The van der Waals surface area contributed by atoms with Crippen LogP contribution in [0.3, 0.4) is 0 Å². The molecule has 1 aliphatic carbocycles. The molecule has 0 bridgehead atoms. The van der Waals surface area contributed by atoms with Crippen molar-refractivity contribution >= 4 is 40.8 Å². The summed E-state index contributed by atoms with van der Waals surface area (Å²) in [6, 6.07) is 1.81. The van der Waals surface area contributed by atoms with E-state index in [0.717, 1.165) is 40.4 Å². The molecule has 7 heteroatoms. The Labute approximate surface area is 175 Å². The van der Waals surface area contributed by atoms with Crippen molar-refractivity contribution in [3.63, 3.8) is 0 Å². The highest BCUT2D eigenvalue weighted by Gasteiger charge is 2.42. The highest BCUT2D eigenvalue weighted by Crippen LogP contribution is 2.50. The third-order valence-corrected chi connectivity index (χ3v) is 8.05. The lowest BCUT2D eigenvalue weighted by Gasteiger charge is -2.42. The van der Waals surface area contributed by atoms with Gasteiger partial charge in [-0.3, -0.25) is 0 Å². The molecular weight excluding hydrogens is 399 g/mol. The lowest BCUT2D eigenvalue weighted by atomic mass is 9.71. The average molecular weight is 423 g/mol. The summed E-state index contributed by atoms with van der Waals surface area (Å²) in [4.78, 5) is 16.9. The molecule has 27 heavy (non-hydrogen) atoms. The maximum absolute atomic E-state index is 6.06. The average Bonchev–Trinajstić information content (AvgIpc) is 3.00. The van der Waals surface area contributed by atoms with E-state index in [4.69, 9.17) is 28.2 Å². The normalized spacial score (nSPS) is 21.8. The molecule has 3 heterocycles. The van der Waals surface area contributed by atoms with E-state index in [-0.39, 0.29) is 0 Å². The van der Waals surface area contributed by atoms with E-state index in [9.17, 15) is 0 Å². The highest BCUT2D eigenvalue weighted by molar-refractivity contribution is 7.99. The van der Waals surface area contributed by atoms with Crippen molar-refractivity contribution in [1.82, 2.24) is 15.0 Å². The first kappa shape index (κ1) is 19.3. The number of rotatable bonds is 3. The molecule has 1 saturated carbocycles. The Balaban J connectivity index is 1.45. The number of aromatic nitrogens is 3. The van der Waals surface area contributed by atoms with Crippen molar-refractivity contribution in [2.75, 3.05) is 18.0 Å². The zero-order valence-corrected chi connectivity index (χ0v) is 18.0. The quantitative estimate of drug-likeness (QED) is 0.563. The molecule has 2 fully saturated rings. The number of hydrogen-bond donors (Lipinski definition) is 0. The highest BCUT2D eigenvalue weighted by atomic mass is 35.5. The Morgan fingerprint density at radius 2 is 1.93 bits per heavy atom. The van der Waals surface area contributed by atoms with Crippen LogP contribution in [0.15, 0.2) is 28.4 Å². The largest absolute Gasteiger partial charge is 0.355 e.